The number of fused-ring (bicyclic) bond motifs is 1. The molecule has 0 unspecified atom stereocenters. The summed E-state index contributed by atoms with van der Waals surface area (Å²) in [5, 5.41) is 4.73. The number of benzene rings is 3. The van der Waals surface area contributed by atoms with E-state index in [1.54, 1.807) is 18.2 Å². The van der Waals surface area contributed by atoms with Crippen molar-refractivity contribution in [3.63, 3.8) is 0 Å². The van der Waals surface area contributed by atoms with Crippen LogP contribution in [0.4, 0.5) is 5.69 Å². The first-order valence-corrected chi connectivity index (χ1v) is 9.96. The van der Waals surface area contributed by atoms with E-state index in [9.17, 15) is 9.59 Å². The lowest BCUT2D eigenvalue weighted by Crippen LogP contribution is -2.21. The molecule has 1 amide bonds. The smallest absolute Gasteiger partial charge is 0.338 e. The Morgan fingerprint density at radius 2 is 1.70 bits per heavy atom. The summed E-state index contributed by atoms with van der Waals surface area (Å²) in [7, 11) is 0. The highest BCUT2D eigenvalue weighted by molar-refractivity contribution is 6.03. The van der Waals surface area contributed by atoms with Crippen LogP contribution in [0.15, 0.2) is 60.7 Å². The van der Waals surface area contributed by atoms with Crippen molar-refractivity contribution in [2.75, 3.05) is 25.1 Å². The first-order valence-electron chi connectivity index (χ1n) is 9.96. The van der Waals surface area contributed by atoms with Gasteiger partial charge in [-0.05, 0) is 43.0 Å². The number of ether oxygens (including phenoxy) is 3. The normalized spacial score (nSPS) is 10.5. The van der Waals surface area contributed by atoms with Crippen LogP contribution in [0.25, 0.3) is 10.8 Å². The Morgan fingerprint density at radius 3 is 2.50 bits per heavy atom. The summed E-state index contributed by atoms with van der Waals surface area (Å²) in [6.45, 7) is 4.47. The van der Waals surface area contributed by atoms with Crippen LogP contribution in [-0.2, 0) is 9.53 Å². The standard InChI is InChI=1S/C24H25NO5/c1-3-14-29-21-13-12-18(15-22(21)28-4-2)24(27)30-16-23(26)25-20-11-7-9-17-8-5-6-10-19(17)20/h5-13,15H,3-4,14,16H2,1-2H3,(H,25,26). The molecular formula is C24H25NO5. The van der Waals surface area contributed by atoms with Gasteiger partial charge in [0.05, 0.1) is 18.8 Å². The first kappa shape index (κ1) is 21.2. The number of hydrogen-bond donors (Lipinski definition) is 1. The van der Waals surface area contributed by atoms with Crippen LogP contribution in [0, 0.1) is 0 Å². The molecule has 6 heteroatoms. The third-order valence-corrected chi connectivity index (χ3v) is 4.34. The molecule has 3 rings (SSSR count). The van der Waals surface area contributed by atoms with Crippen LogP contribution in [0.1, 0.15) is 30.6 Å². The second-order valence-corrected chi connectivity index (χ2v) is 6.59. The van der Waals surface area contributed by atoms with Crippen molar-refractivity contribution >= 4 is 28.3 Å². The maximum absolute atomic E-state index is 12.4. The summed E-state index contributed by atoms with van der Waals surface area (Å²) in [4.78, 5) is 24.7. The van der Waals surface area contributed by atoms with Crippen molar-refractivity contribution in [1.82, 2.24) is 0 Å². The molecule has 0 saturated heterocycles. The van der Waals surface area contributed by atoms with Crippen molar-refractivity contribution in [3.8, 4) is 11.5 Å². The minimum absolute atomic E-state index is 0.292. The molecule has 0 atom stereocenters. The van der Waals surface area contributed by atoms with E-state index in [-0.39, 0.29) is 6.61 Å². The van der Waals surface area contributed by atoms with Gasteiger partial charge in [-0.1, -0.05) is 43.3 Å². The minimum Gasteiger partial charge on any atom is -0.490 e. The van der Waals surface area contributed by atoms with Crippen LogP contribution in [-0.4, -0.2) is 31.7 Å². The van der Waals surface area contributed by atoms with Crippen molar-refractivity contribution in [3.05, 3.63) is 66.2 Å². The summed E-state index contributed by atoms with van der Waals surface area (Å²) in [6, 6.07) is 18.2. The summed E-state index contributed by atoms with van der Waals surface area (Å²) >= 11 is 0. The second kappa shape index (κ2) is 10.3. The number of hydrogen-bond acceptors (Lipinski definition) is 5. The predicted octanol–water partition coefficient (Wildman–Crippen LogP) is 4.82. The van der Waals surface area contributed by atoms with E-state index in [1.165, 1.54) is 0 Å². The van der Waals surface area contributed by atoms with Gasteiger partial charge < -0.3 is 19.5 Å². The maximum atomic E-state index is 12.4. The van der Waals surface area contributed by atoms with Gasteiger partial charge in [0.1, 0.15) is 0 Å². The van der Waals surface area contributed by atoms with Gasteiger partial charge in [0.15, 0.2) is 18.1 Å². The average molecular weight is 407 g/mol. The van der Waals surface area contributed by atoms with Gasteiger partial charge >= 0.3 is 5.97 Å². The molecule has 0 aromatic heterocycles. The molecular weight excluding hydrogens is 382 g/mol. The highest BCUT2D eigenvalue weighted by Gasteiger charge is 2.15. The van der Waals surface area contributed by atoms with Crippen molar-refractivity contribution in [1.29, 1.82) is 0 Å². The highest BCUT2D eigenvalue weighted by atomic mass is 16.5. The maximum Gasteiger partial charge on any atom is 0.338 e. The lowest BCUT2D eigenvalue weighted by molar-refractivity contribution is -0.119. The first-order chi connectivity index (χ1) is 14.6. The van der Waals surface area contributed by atoms with Crippen LogP contribution >= 0.6 is 0 Å². The Bertz CT molecular complexity index is 1030. The SMILES string of the molecule is CCCOc1ccc(C(=O)OCC(=O)Nc2cccc3ccccc23)cc1OCC. The Morgan fingerprint density at radius 1 is 0.900 bits per heavy atom. The largest absolute Gasteiger partial charge is 0.490 e. The second-order valence-electron chi connectivity index (χ2n) is 6.59. The molecule has 0 heterocycles. The molecule has 1 N–H and O–H groups in total. The summed E-state index contributed by atoms with van der Waals surface area (Å²) in [5.41, 5.74) is 0.963. The van der Waals surface area contributed by atoms with Crippen LogP contribution in [0.2, 0.25) is 0 Å². The fraction of sp³-hybridized carbons (Fsp3) is 0.250. The van der Waals surface area contributed by atoms with Gasteiger partial charge in [-0.15, -0.1) is 0 Å². The lowest BCUT2D eigenvalue weighted by Gasteiger charge is -2.13. The van der Waals surface area contributed by atoms with Crippen LogP contribution in [0.5, 0.6) is 11.5 Å². The number of carbonyl (C=O) groups is 2. The molecule has 0 aliphatic rings. The molecule has 3 aromatic rings. The van der Waals surface area contributed by atoms with E-state index < -0.39 is 11.9 Å². The third-order valence-electron chi connectivity index (χ3n) is 4.34. The van der Waals surface area contributed by atoms with E-state index in [1.807, 2.05) is 56.3 Å². The molecule has 3 aromatic carbocycles. The molecule has 0 bridgehead atoms. The molecule has 0 saturated carbocycles. The fourth-order valence-electron chi connectivity index (χ4n) is 2.97. The van der Waals surface area contributed by atoms with Gasteiger partial charge in [0.25, 0.3) is 5.91 Å². The molecule has 0 fully saturated rings. The van der Waals surface area contributed by atoms with Crippen LogP contribution in [0.3, 0.4) is 0 Å². The zero-order chi connectivity index (χ0) is 21.3. The molecule has 30 heavy (non-hydrogen) atoms. The third kappa shape index (κ3) is 5.29. The average Bonchev–Trinajstić information content (AvgIpc) is 2.77. The van der Waals surface area contributed by atoms with Gasteiger partial charge in [-0.3, -0.25) is 4.79 Å². The number of rotatable bonds is 9. The van der Waals surface area contributed by atoms with Crippen LogP contribution < -0.4 is 14.8 Å². The molecule has 6 nitrogen and oxygen atoms in total. The molecule has 156 valence electrons. The Hall–Kier alpha value is -3.54. The zero-order valence-electron chi connectivity index (χ0n) is 17.1. The Balaban J connectivity index is 1.63. The Kier molecular flexibility index (Phi) is 7.27. The van der Waals surface area contributed by atoms with Crippen molar-refractivity contribution < 1.29 is 23.8 Å². The number of nitrogens with one attached hydrogen (secondary N) is 1. The molecule has 0 aliphatic carbocycles. The topological polar surface area (TPSA) is 73.9 Å². The number of carbonyl (C=O) groups excluding carboxylic acids is 2. The quantitative estimate of drug-likeness (QED) is 0.515. The fourth-order valence-corrected chi connectivity index (χ4v) is 2.97. The van der Waals surface area contributed by atoms with Crippen molar-refractivity contribution in [2.45, 2.75) is 20.3 Å². The molecule has 0 aliphatic heterocycles. The zero-order valence-corrected chi connectivity index (χ0v) is 17.1. The van der Waals surface area contributed by atoms with E-state index in [2.05, 4.69) is 5.32 Å². The summed E-state index contributed by atoms with van der Waals surface area (Å²) < 4.78 is 16.4. The summed E-state index contributed by atoms with van der Waals surface area (Å²) in [5.74, 6) is 0.0308. The number of amides is 1. The van der Waals surface area contributed by atoms with Gasteiger partial charge in [0, 0.05) is 11.1 Å². The van der Waals surface area contributed by atoms with E-state index >= 15 is 0 Å². The van der Waals surface area contributed by atoms with Gasteiger partial charge in [-0.2, -0.15) is 0 Å². The van der Waals surface area contributed by atoms with E-state index in [0.29, 0.717) is 36.0 Å². The van der Waals surface area contributed by atoms with Gasteiger partial charge in [0.2, 0.25) is 0 Å². The van der Waals surface area contributed by atoms with Crippen molar-refractivity contribution in [2.24, 2.45) is 0 Å². The predicted molar refractivity (Wildman–Crippen MR) is 116 cm³/mol. The highest BCUT2D eigenvalue weighted by Crippen LogP contribution is 2.29. The minimum atomic E-state index is -0.605. The van der Waals surface area contributed by atoms with E-state index in [0.717, 1.165) is 17.2 Å². The lowest BCUT2D eigenvalue weighted by atomic mass is 10.1. The molecule has 0 radical (unpaired) electrons. The Labute approximate surface area is 175 Å². The monoisotopic (exact) mass is 407 g/mol. The number of anilines is 1. The molecule has 0 spiro atoms. The van der Waals surface area contributed by atoms with Gasteiger partial charge in [-0.25, -0.2) is 4.79 Å². The number of esters is 1. The van der Waals surface area contributed by atoms with E-state index in [4.69, 9.17) is 14.2 Å². The summed E-state index contributed by atoms with van der Waals surface area (Å²) in [6.07, 6.45) is 0.862.